The van der Waals surface area contributed by atoms with Gasteiger partial charge < -0.3 is 15.0 Å². The highest BCUT2D eigenvalue weighted by molar-refractivity contribution is 5.95. The first-order valence-corrected chi connectivity index (χ1v) is 9.48. The van der Waals surface area contributed by atoms with Gasteiger partial charge in [-0.2, -0.15) is 0 Å². The summed E-state index contributed by atoms with van der Waals surface area (Å²) >= 11 is 0. The van der Waals surface area contributed by atoms with Gasteiger partial charge in [0.25, 0.3) is 5.91 Å². The van der Waals surface area contributed by atoms with Crippen molar-refractivity contribution in [3.8, 4) is 0 Å². The van der Waals surface area contributed by atoms with Crippen LogP contribution in [0, 0.1) is 17.6 Å². The number of pyridine rings is 1. The first kappa shape index (κ1) is 19.4. The van der Waals surface area contributed by atoms with Gasteiger partial charge in [0.1, 0.15) is 5.60 Å². The predicted octanol–water partition coefficient (Wildman–Crippen LogP) is 2.30. The molecule has 2 fully saturated rings. The van der Waals surface area contributed by atoms with E-state index in [-0.39, 0.29) is 23.3 Å². The van der Waals surface area contributed by atoms with Gasteiger partial charge in [-0.15, -0.1) is 0 Å². The van der Waals surface area contributed by atoms with Crippen LogP contribution < -0.4 is 5.32 Å². The van der Waals surface area contributed by atoms with Crippen molar-refractivity contribution in [1.82, 2.24) is 15.2 Å². The van der Waals surface area contributed by atoms with Crippen molar-refractivity contribution >= 4 is 11.8 Å². The molecule has 0 aliphatic carbocycles. The summed E-state index contributed by atoms with van der Waals surface area (Å²) < 4.78 is 32.3. The van der Waals surface area contributed by atoms with Gasteiger partial charge in [0.2, 0.25) is 5.91 Å². The number of amides is 2. The fourth-order valence-corrected chi connectivity index (χ4v) is 3.93. The molecule has 152 valence electrons. The number of ether oxygens (including phenoxy) is 1. The Bertz CT molecular complexity index is 917. The highest BCUT2D eigenvalue weighted by Crippen LogP contribution is 2.39. The fourth-order valence-electron chi connectivity index (χ4n) is 3.93. The second-order valence-electron chi connectivity index (χ2n) is 7.69. The first-order chi connectivity index (χ1) is 13.9. The second-order valence-corrected chi connectivity index (χ2v) is 7.69. The third-order valence-electron chi connectivity index (χ3n) is 5.41. The number of carbonyl (C=O) groups is 2. The standard InChI is InChI=1S/C21H21F2N3O3/c22-17-2-1-16(8-18(17)23)20(28)26-12-21(13-26)9-15(11-29-21)7-19(27)25-10-14-3-5-24-6-4-14/h1-6,8,15H,7,9-13H2,(H,25,27). The smallest absolute Gasteiger partial charge is 0.254 e. The lowest BCUT2D eigenvalue weighted by molar-refractivity contribution is -0.122. The minimum atomic E-state index is -1.04. The van der Waals surface area contributed by atoms with Gasteiger partial charge >= 0.3 is 0 Å². The highest BCUT2D eigenvalue weighted by atomic mass is 19.2. The molecule has 3 heterocycles. The van der Waals surface area contributed by atoms with E-state index < -0.39 is 17.2 Å². The van der Waals surface area contributed by atoms with Crippen molar-refractivity contribution in [2.45, 2.75) is 25.0 Å². The van der Waals surface area contributed by atoms with E-state index in [4.69, 9.17) is 4.74 Å². The van der Waals surface area contributed by atoms with Gasteiger partial charge in [-0.05, 0) is 48.2 Å². The van der Waals surface area contributed by atoms with Gasteiger partial charge in [0, 0.05) is 30.9 Å². The van der Waals surface area contributed by atoms with Crippen molar-refractivity contribution in [3.05, 3.63) is 65.5 Å². The Hall–Kier alpha value is -2.87. The van der Waals surface area contributed by atoms with Gasteiger partial charge in [-0.1, -0.05) is 0 Å². The Morgan fingerprint density at radius 1 is 1.17 bits per heavy atom. The van der Waals surface area contributed by atoms with Crippen molar-refractivity contribution < 1.29 is 23.1 Å². The van der Waals surface area contributed by atoms with E-state index in [9.17, 15) is 18.4 Å². The summed E-state index contributed by atoms with van der Waals surface area (Å²) in [7, 11) is 0. The van der Waals surface area contributed by atoms with Crippen molar-refractivity contribution in [3.63, 3.8) is 0 Å². The normalized spacial score (nSPS) is 19.8. The molecule has 1 unspecified atom stereocenters. The minimum Gasteiger partial charge on any atom is -0.371 e. The average Bonchev–Trinajstić information content (AvgIpc) is 3.12. The predicted molar refractivity (Wildman–Crippen MR) is 99.8 cm³/mol. The maximum atomic E-state index is 13.4. The van der Waals surface area contributed by atoms with Crippen LogP contribution in [0.2, 0.25) is 0 Å². The van der Waals surface area contributed by atoms with E-state index in [0.717, 1.165) is 17.7 Å². The van der Waals surface area contributed by atoms with Crippen LogP contribution in [-0.4, -0.2) is 47.0 Å². The zero-order chi connectivity index (χ0) is 20.4. The third-order valence-corrected chi connectivity index (χ3v) is 5.41. The Labute approximate surface area is 166 Å². The molecule has 2 aliphatic rings. The van der Waals surface area contributed by atoms with E-state index in [1.807, 2.05) is 12.1 Å². The SMILES string of the molecule is O=C(CC1COC2(C1)CN(C(=O)c1ccc(F)c(F)c1)C2)NCc1ccncc1. The van der Waals surface area contributed by atoms with Crippen LogP contribution in [0.5, 0.6) is 0 Å². The second kappa shape index (κ2) is 7.87. The van der Waals surface area contributed by atoms with Crippen LogP contribution in [0.1, 0.15) is 28.8 Å². The molecule has 1 atom stereocenters. The van der Waals surface area contributed by atoms with E-state index in [0.29, 0.717) is 39.1 Å². The van der Waals surface area contributed by atoms with E-state index in [1.54, 1.807) is 17.3 Å². The number of hydrogen-bond donors (Lipinski definition) is 1. The van der Waals surface area contributed by atoms with Crippen LogP contribution in [0.3, 0.4) is 0 Å². The highest BCUT2D eigenvalue weighted by Gasteiger charge is 2.51. The number of nitrogens with zero attached hydrogens (tertiary/aromatic N) is 2. The summed E-state index contributed by atoms with van der Waals surface area (Å²) in [6.45, 7) is 1.70. The Morgan fingerprint density at radius 2 is 1.93 bits per heavy atom. The molecule has 1 N–H and O–H groups in total. The molecule has 1 aromatic heterocycles. The molecule has 2 saturated heterocycles. The van der Waals surface area contributed by atoms with Crippen LogP contribution in [-0.2, 0) is 16.1 Å². The molecular formula is C21H21F2N3O3. The van der Waals surface area contributed by atoms with E-state index in [1.165, 1.54) is 6.07 Å². The van der Waals surface area contributed by atoms with Gasteiger partial charge in [0.15, 0.2) is 11.6 Å². The molecule has 6 nitrogen and oxygen atoms in total. The number of halogens is 2. The van der Waals surface area contributed by atoms with Crippen LogP contribution >= 0.6 is 0 Å². The molecule has 1 spiro atoms. The summed E-state index contributed by atoms with van der Waals surface area (Å²) in [6, 6.07) is 6.83. The summed E-state index contributed by atoms with van der Waals surface area (Å²) in [5, 5.41) is 2.89. The van der Waals surface area contributed by atoms with Crippen LogP contribution in [0.4, 0.5) is 8.78 Å². The van der Waals surface area contributed by atoms with Gasteiger partial charge in [-0.25, -0.2) is 8.78 Å². The monoisotopic (exact) mass is 401 g/mol. The summed E-state index contributed by atoms with van der Waals surface area (Å²) in [4.78, 5) is 30.1. The Kier molecular flexibility index (Phi) is 5.27. The zero-order valence-corrected chi connectivity index (χ0v) is 15.7. The Morgan fingerprint density at radius 3 is 2.66 bits per heavy atom. The number of carbonyl (C=O) groups excluding carboxylic acids is 2. The Balaban J connectivity index is 1.24. The van der Waals surface area contributed by atoms with E-state index in [2.05, 4.69) is 10.3 Å². The van der Waals surface area contributed by atoms with Crippen molar-refractivity contribution in [1.29, 1.82) is 0 Å². The molecular weight excluding hydrogens is 380 g/mol. The molecule has 2 aromatic rings. The lowest BCUT2D eigenvalue weighted by atomic mass is 9.85. The first-order valence-electron chi connectivity index (χ1n) is 9.48. The average molecular weight is 401 g/mol. The zero-order valence-electron chi connectivity index (χ0n) is 15.7. The lowest BCUT2D eigenvalue weighted by Gasteiger charge is -2.47. The molecule has 0 bridgehead atoms. The molecule has 4 rings (SSSR count). The van der Waals surface area contributed by atoms with Gasteiger partial charge in [-0.3, -0.25) is 14.6 Å². The molecule has 2 amide bonds. The summed E-state index contributed by atoms with van der Waals surface area (Å²) in [5.41, 5.74) is 0.659. The quantitative estimate of drug-likeness (QED) is 0.835. The maximum Gasteiger partial charge on any atom is 0.254 e. The summed E-state index contributed by atoms with van der Waals surface area (Å²) in [6.07, 6.45) is 4.42. The lowest BCUT2D eigenvalue weighted by Crippen LogP contribution is -2.63. The molecule has 8 heteroatoms. The molecule has 29 heavy (non-hydrogen) atoms. The fraction of sp³-hybridized carbons (Fsp3) is 0.381. The maximum absolute atomic E-state index is 13.4. The summed E-state index contributed by atoms with van der Waals surface area (Å²) in [5.74, 6) is -2.32. The number of benzene rings is 1. The number of nitrogens with one attached hydrogen (secondary N) is 1. The van der Waals surface area contributed by atoms with Crippen molar-refractivity contribution in [2.75, 3.05) is 19.7 Å². The van der Waals surface area contributed by atoms with Crippen molar-refractivity contribution in [2.24, 2.45) is 5.92 Å². The topological polar surface area (TPSA) is 71.5 Å². The molecule has 0 saturated carbocycles. The molecule has 1 aromatic carbocycles. The van der Waals surface area contributed by atoms with Gasteiger partial charge in [0.05, 0.1) is 19.7 Å². The minimum absolute atomic E-state index is 0.0403. The molecule has 0 radical (unpaired) electrons. The number of hydrogen-bond acceptors (Lipinski definition) is 4. The number of rotatable bonds is 5. The largest absolute Gasteiger partial charge is 0.371 e. The molecule has 2 aliphatic heterocycles. The third kappa shape index (κ3) is 4.27. The number of aromatic nitrogens is 1. The van der Waals surface area contributed by atoms with E-state index >= 15 is 0 Å². The van der Waals surface area contributed by atoms with Crippen LogP contribution in [0.25, 0.3) is 0 Å². The number of likely N-dealkylation sites (tertiary alicyclic amines) is 1. The van der Waals surface area contributed by atoms with Crippen LogP contribution in [0.15, 0.2) is 42.7 Å².